The van der Waals surface area contributed by atoms with Crippen molar-refractivity contribution in [2.45, 2.75) is 25.3 Å². The Balaban J connectivity index is 1.88. The Morgan fingerprint density at radius 3 is 3.12 bits per heavy atom. The van der Waals surface area contributed by atoms with Gasteiger partial charge in [-0.15, -0.1) is 0 Å². The van der Waals surface area contributed by atoms with Crippen LogP contribution in [0.2, 0.25) is 0 Å². The highest BCUT2D eigenvalue weighted by Crippen LogP contribution is 2.16. The number of nitrogens with zero attached hydrogens (tertiary/aromatic N) is 1. The summed E-state index contributed by atoms with van der Waals surface area (Å²) in [7, 11) is 0. The average Bonchev–Trinajstić information content (AvgIpc) is 2.84. The molecule has 2 N–H and O–H groups in total. The van der Waals surface area contributed by atoms with Gasteiger partial charge in [0, 0.05) is 12.6 Å². The van der Waals surface area contributed by atoms with E-state index < -0.39 is 0 Å². The lowest BCUT2D eigenvalue weighted by Crippen LogP contribution is -2.24. The molecule has 4 heteroatoms. The lowest BCUT2D eigenvalue weighted by Gasteiger charge is -2.12. The molecule has 2 rings (SSSR count). The Morgan fingerprint density at radius 1 is 1.53 bits per heavy atom. The van der Waals surface area contributed by atoms with Gasteiger partial charge in [0.1, 0.15) is 11.9 Å². The summed E-state index contributed by atoms with van der Waals surface area (Å²) in [6.07, 6.45) is 3.49. The minimum Gasteiger partial charge on any atom is -0.384 e. The maximum atomic E-state index is 12.9. The van der Waals surface area contributed by atoms with Gasteiger partial charge in [0.2, 0.25) is 0 Å². The molecule has 1 aromatic rings. The molecule has 0 radical (unpaired) electrons. The van der Waals surface area contributed by atoms with Crippen molar-refractivity contribution in [3.63, 3.8) is 0 Å². The van der Waals surface area contributed by atoms with Gasteiger partial charge in [-0.05, 0) is 44.0 Å². The summed E-state index contributed by atoms with van der Waals surface area (Å²) in [5, 5.41) is 15.5. The molecule has 1 saturated heterocycles. The van der Waals surface area contributed by atoms with Crippen LogP contribution in [0.3, 0.4) is 0 Å². The average molecular weight is 233 g/mol. The molecule has 3 nitrogen and oxygen atoms in total. The number of nitriles is 1. The molecule has 0 amide bonds. The predicted octanol–water partition coefficient (Wildman–Crippen LogP) is 2.25. The predicted molar refractivity (Wildman–Crippen MR) is 65.2 cm³/mol. The third-order valence-corrected chi connectivity index (χ3v) is 3.07. The number of anilines is 1. The van der Waals surface area contributed by atoms with E-state index in [0.29, 0.717) is 17.3 Å². The molecule has 1 aromatic carbocycles. The first-order valence-corrected chi connectivity index (χ1v) is 5.96. The van der Waals surface area contributed by atoms with Crippen LogP contribution in [0.4, 0.5) is 10.1 Å². The second-order valence-corrected chi connectivity index (χ2v) is 4.31. The first kappa shape index (κ1) is 11.9. The zero-order chi connectivity index (χ0) is 12.1. The van der Waals surface area contributed by atoms with Crippen LogP contribution in [0.15, 0.2) is 18.2 Å². The zero-order valence-corrected chi connectivity index (χ0v) is 9.67. The van der Waals surface area contributed by atoms with Crippen LogP contribution >= 0.6 is 0 Å². The van der Waals surface area contributed by atoms with E-state index in [0.717, 1.165) is 19.5 Å². The van der Waals surface area contributed by atoms with E-state index in [4.69, 9.17) is 5.26 Å². The Morgan fingerprint density at radius 2 is 2.41 bits per heavy atom. The van der Waals surface area contributed by atoms with Gasteiger partial charge < -0.3 is 10.6 Å². The quantitative estimate of drug-likeness (QED) is 0.838. The van der Waals surface area contributed by atoms with Crippen LogP contribution in [0.1, 0.15) is 24.8 Å². The Bertz CT molecular complexity index is 419. The van der Waals surface area contributed by atoms with E-state index in [2.05, 4.69) is 10.6 Å². The van der Waals surface area contributed by atoms with Gasteiger partial charge in [0.05, 0.1) is 11.3 Å². The van der Waals surface area contributed by atoms with Gasteiger partial charge >= 0.3 is 0 Å². The zero-order valence-electron chi connectivity index (χ0n) is 9.67. The van der Waals surface area contributed by atoms with Crippen molar-refractivity contribution in [2.24, 2.45) is 0 Å². The summed E-state index contributed by atoms with van der Waals surface area (Å²) in [4.78, 5) is 0. The standard InChI is InChI=1S/C13H16FN3/c14-11-3-4-13(10(8-11)9-15)17-7-5-12-2-1-6-16-12/h3-4,8,12,16-17H,1-2,5-7H2/t12-/m1/s1. The Hall–Kier alpha value is -1.60. The number of halogens is 1. The number of hydrogen-bond donors (Lipinski definition) is 2. The monoisotopic (exact) mass is 233 g/mol. The fourth-order valence-electron chi connectivity index (χ4n) is 2.15. The molecule has 1 aliphatic rings. The Kier molecular flexibility index (Phi) is 3.94. The summed E-state index contributed by atoms with van der Waals surface area (Å²) in [5.41, 5.74) is 1.08. The SMILES string of the molecule is N#Cc1cc(F)ccc1NCC[C@H]1CCCN1. The van der Waals surface area contributed by atoms with Crippen molar-refractivity contribution >= 4 is 5.69 Å². The smallest absolute Gasteiger partial charge is 0.124 e. The molecule has 0 saturated carbocycles. The van der Waals surface area contributed by atoms with E-state index in [1.54, 1.807) is 6.07 Å². The summed E-state index contributed by atoms with van der Waals surface area (Å²) >= 11 is 0. The van der Waals surface area contributed by atoms with Gasteiger partial charge in [0.15, 0.2) is 0 Å². The maximum absolute atomic E-state index is 12.9. The highest BCUT2D eigenvalue weighted by Gasteiger charge is 2.13. The maximum Gasteiger partial charge on any atom is 0.124 e. The lowest BCUT2D eigenvalue weighted by atomic mass is 10.1. The molecule has 1 aliphatic heterocycles. The molecule has 90 valence electrons. The van der Waals surface area contributed by atoms with Crippen LogP contribution in [-0.4, -0.2) is 19.1 Å². The summed E-state index contributed by atoms with van der Waals surface area (Å²) < 4.78 is 12.9. The molecular formula is C13H16FN3. The molecule has 1 heterocycles. The van der Waals surface area contributed by atoms with Crippen molar-refractivity contribution in [2.75, 3.05) is 18.4 Å². The molecule has 0 aromatic heterocycles. The van der Waals surface area contributed by atoms with E-state index in [-0.39, 0.29) is 5.82 Å². The third-order valence-electron chi connectivity index (χ3n) is 3.07. The summed E-state index contributed by atoms with van der Waals surface area (Å²) in [6.45, 7) is 1.91. The van der Waals surface area contributed by atoms with Crippen LogP contribution in [0.5, 0.6) is 0 Å². The molecule has 1 atom stereocenters. The number of hydrogen-bond acceptors (Lipinski definition) is 3. The van der Waals surface area contributed by atoms with Gasteiger partial charge in [0.25, 0.3) is 0 Å². The van der Waals surface area contributed by atoms with Crippen molar-refractivity contribution in [3.8, 4) is 6.07 Å². The first-order valence-electron chi connectivity index (χ1n) is 5.96. The van der Waals surface area contributed by atoms with E-state index >= 15 is 0 Å². The molecule has 0 unspecified atom stereocenters. The summed E-state index contributed by atoms with van der Waals surface area (Å²) in [6, 6.07) is 6.83. The van der Waals surface area contributed by atoms with Gasteiger partial charge in [-0.3, -0.25) is 0 Å². The van der Waals surface area contributed by atoms with Crippen LogP contribution in [-0.2, 0) is 0 Å². The topological polar surface area (TPSA) is 47.9 Å². The lowest BCUT2D eigenvalue weighted by molar-refractivity contribution is 0.574. The van der Waals surface area contributed by atoms with Gasteiger partial charge in [-0.1, -0.05) is 0 Å². The summed E-state index contributed by atoms with van der Waals surface area (Å²) in [5.74, 6) is -0.371. The molecular weight excluding hydrogens is 217 g/mol. The number of benzene rings is 1. The van der Waals surface area contributed by atoms with Crippen molar-refractivity contribution in [3.05, 3.63) is 29.6 Å². The molecule has 0 spiro atoms. The normalized spacial score (nSPS) is 18.9. The highest BCUT2D eigenvalue weighted by atomic mass is 19.1. The van der Waals surface area contributed by atoms with Crippen LogP contribution < -0.4 is 10.6 Å². The minimum atomic E-state index is -0.371. The molecule has 0 aliphatic carbocycles. The van der Waals surface area contributed by atoms with Crippen LogP contribution in [0, 0.1) is 17.1 Å². The van der Waals surface area contributed by atoms with Crippen molar-refractivity contribution in [1.82, 2.24) is 5.32 Å². The van der Waals surface area contributed by atoms with Gasteiger partial charge in [-0.2, -0.15) is 5.26 Å². The fraction of sp³-hybridized carbons (Fsp3) is 0.462. The second kappa shape index (κ2) is 5.65. The fourth-order valence-corrected chi connectivity index (χ4v) is 2.15. The number of rotatable bonds is 4. The Labute approximate surface area is 101 Å². The largest absolute Gasteiger partial charge is 0.384 e. The number of nitrogens with one attached hydrogen (secondary N) is 2. The minimum absolute atomic E-state index is 0.365. The third kappa shape index (κ3) is 3.18. The second-order valence-electron chi connectivity index (χ2n) is 4.31. The van der Waals surface area contributed by atoms with E-state index in [1.165, 1.54) is 25.0 Å². The first-order chi connectivity index (χ1) is 8.29. The van der Waals surface area contributed by atoms with Crippen molar-refractivity contribution in [1.29, 1.82) is 5.26 Å². The van der Waals surface area contributed by atoms with Crippen molar-refractivity contribution < 1.29 is 4.39 Å². The van der Waals surface area contributed by atoms with E-state index in [1.807, 2.05) is 6.07 Å². The van der Waals surface area contributed by atoms with Gasteiger partial charge in [-0.25, -0.2) is 4.39 Å². The highest BCUT2D eigenvalue weighted by molar-refractivity contribution is 5.57. The van der Waals surface area contributed by atoms with Crippen LogP contribution in [0.25, 0.3) is 0 Å². The molecule has 0 bridgehead atoms. The van der Waals surface area contributed by atoms with E-state index in [9.17, 15) is 4.39 Å². The molecule has 17 heavy (non-hydrogen) atoms. The molecule has 1 fully saturated rings.